The minimum atomic E-state index is -0.454. The average molecular weight is 388 g/mol. The van der Waals surface area contributed by atoms with E-state index in [1.54, 1.807) is 12.1 Å². The molecule has 0 atom stereocenters. The summed E-state index contributed by atoms with van der Waals surface area (Å²) in [5, 5.41) is 3.83. The van der Waals surface area contributed by atoms with Crippen molar-refractivity contribution in [1.82, 2.24) is 9.55 Å². The van der Waals surface area contributed by atoms with E-state index < -0.39 is 11.7 Å². The standard InChI is InChI=1S/C18H11ClFN3O2S/c19-12-5-2-6-13-15(12)16-17(26-13)18(25)23(9-21-16)8-14(24)22-11-4-1-3-10(20)7-11/h1-7,9H,8H2,(H,22,24). The van der Waals surface area contributed by atoms with E-state index in [1.807, 2.05) is 12.1 Å². The van der Waals surface area contributed by atoms with Gasteiger partial charge in [-0.15, -0.1) is 11.3 Å². The van der Waals surface area contributed by atoms with Crippen molar-refractivity contribution in [2.24, 2.45) is 0 Å². The minimum Gasteiger partial charge on any atom is -0.324 e. The molecule has 0 aliphatic heterocycles. The number of nitrogens with zero attached hydrogens (tertiary/aromatic N) is 2. The Bertz CT molecular complexity index is 1220. The lowest BCUT2D eigenvalue weighted by Crippen LogP contribution is -2.27. The quantitative estimate of drug-likeness (QED) is 0.577. The van der Waals surface area contributed by atoms with Gasteiger partial charge in [0.05, 0.1) is 16.9 Å². The largest absolute Gasteiger partial charge is 0.324 e. The molecule has 0 radical (unpaired) electrons. The third kappa shape index (κ3) is 2.95. The molecule has 8 heteroatoms. The average Bonchev–Trinajstić information content (AvgIpc) is 2.98. The van der Waals surface area contributed by atoms with Crippen LogP contribution in [0.2, 0.25) is 5.02 Å². The van der Waals surface area contributed by atoms with Crippen LogP contribution >= 0.6 is 22.9 Å². The first-order chi connectivity index (χ1) is 12.5. The van der Waals surface area contributed by atoms with Crippen LogP contribution in [-0.4, -0.2) is 15.5 Å². The fraction of sp³-hybridized carbons (Fsp3) is 0.0556. The Balaban J connectivity index is 1.68. The maximum absolute atomic E-state index is 13.2. The second-order valence-electron chi connectivity index (χ2n) is 5.63. The Morgan fingerprint density at radius 2 is 2.08 bits per heavy atom. The molecule has 0 aliphatic carbocycles. The molecule has 0 saturated carbocycles. The van der Waals surface area contributed by atoms with E-state index in [1.165, 1.54) is 40.4 Å². The maximum Gasteiger partial charge on any atom is 0.271 e. The van der Waals surface area contributed by atoms with Gasteiger partial charge in [-0.05, 0) is 30.3 Å². The van der Waals surface area contributed by atoms with Crippen LogP contribution < -0.4 is 10.9 Å². The number of carbonyl (C=O) groups excluding carboxylic acids is 1. The zero-order valence-corrected chi connectivity index (χ0v) is 14.8. The molecule has 2 aromatic carbocycles. The molecular weight excluding hydrogens is 377 g/mol. The molecule has 1 amide bonds. The molecule has 0 spiro atoms. The van der Waals surface area contributed by atoms with Gasteiger partial charge < -0.3 is 5.32 Å². The van der Waals surface area contributed by atoms with E-state index in [4.69, 9.17) is 11.6 Å². The van der Waals surface area contributed by atoms with Crippen molar-refractivity contribution < 1.29 is 9.18 Å². The zero-order chi connectivity index (χ0) is 18.3. The summed E-state index contributed by atoms with van der Waals surface area (Å²) in [6, 6.07) is 11.0. The summed E-state index contributed by atoms with van der Waals surface area (Å²) < 4.78 is 15.7. The van der Waals surface area contributed by atoms with Gasteiger partial charge in [-0.1, -0.05) is 23.7 Å². The fourth-order valence-corrected chi connectivity index (χ4v) is 4.15. The lowest BCUT2D eigenvalue weighted by atomic mass is 10.2. The molecule has 5 nitrogen and oxygen atoms in total. The van der Waals surface area contributed by atoms with E-state index in [2.05, 4.69) is 10.3 Å². The number of rotatable bonds is 3. The van der Waals surface area contributed by atoms with Gasteiger partial charge in [-0.3, -0.25) is 14.2 Å². The third-order valence-electron chi connectivity index (χ3n) is 3.84. The first-order valence-electron chi connectivity index (χ1n) is 7.64. The monoisotopic (exact) mass is 387 g/mol. The number of hydrogen-bond donors (Lipinski definition) is 1. The molecular formula is C18H11ClFN3O2S. The van der Waals surface area contributed by atoms with Crippen LogP contribution in [0, 0.1) is 5.82 Å². The van der Waals surface area contributed by atoms with Gasteiger partial charge in [0, 0.05) is 15.8 Å². The smallest absolute Gasteiger partial charge is 0.271 e. The molecule has 0 unspecified atom stereocenters. The second kappa shape index (κ2) is 6.51. The number of thiophene rings is 1. The Hall–Kier alpha value is -2.77. The van der Waals surface area contributed by atoms with Crippen LogP contribution in [-0.2, 0) is 11.3 Å². The summed E-state index contributed by atoms with van der Waals surface area (Å²) >= 11 is 7.51. The van der Waals surface area contributed by atoms with Crippen LogP contribution in [0.25, 0.3) is 20.3 Å². The van der Waals surface area contributed by atoms with Crippen LogP contribution in [0.15, 0.2) is 53.6 Å². The van der Waals surface area contributed by atoms with Crippen molar-refractivity contribution in [3.05, 3.63) is 70.0 Å². The Morgan fingerprint density at radius 1 is 1.27 bits per heavy atom. The summed E-state index contributed by atoms with van der Waals surface area (Å²) in [5.74, 6) is -0.900. The first kappa shape index (κ1) is 16.7. The van der Waals surface area contributed by atoms with E-state index >= 15 is 0 Å². The highest BCUT2D eigenvalue weighted by molar-refractivity contribution is 7.25. The molecule has 4 aromatic rings. The van der Waals surface area contributed by atoms with Crippen LogP contribution in [0.3, 0.4) is 0 Å². The summed E-state index contributed by atoms with van der Waals surface area (Å²) in [4.78, 5) is 29.2. The zero-order valence-electron chi connectivity index (χ0n) is 13.2. The number of nitrogens with one attached hydrogen (secondary N) is 1. The van der Waals surface area contributed by atoms with Crippen molar-refractivity contribution in [3.63, 3.8) is 0 Å². The maximum atomic E-state index is 13.2. The highest BCUT2D eigenvalue weighted by Crippen LogP contribution is 2.34. The third-order valence-corrected chi connectivity index (χ3v) is 5.29. The van der Waals surface area contributed by atoms with E-state index in [9.17, 15) is 14.0 Å². The molecule has 1 N–H and O–H groups in total. The van der Waals surface area contributed by atoms with Gasteiger partial charge in [-0.2, -0.15) is 0 Å². The van der Waals surface area contributed by atoms with Gasteiger partial charge in [0.15, 0.2) is 0 Å². The number of aromatic nitrogens is 2. The molecule has 0 saturated heterocycles. The minimum absolute atomic E-state index is 0.222. The number of hydrogen-bond acceptors (Lipinski definition) is 4. The molecule has 130 valence electrons. The molecule has 4 rings (SSSR count). The van der Waals surface area contributed by atoms with E-state index in [0.29, 0.717) is 20.9 Å². The topological polar surface area (TPSA) is 64.0 Å². The Morgan fingerprint density at radius 3 is 2.88 bits per heavy atom. The SMILES string of the molecule is O=C(Cn1cnc2c(sc3cccc(Cl)c32)c1=O)Nc1cccc(F)c1. The van der Waals surface area contributed by atoms with Crippen LogP contribution in [0.1, 0.15) is 0 Å². The molecule has 0 fully saturated rings. The molecule has 0 bridgehead atoms. The van der Waals surface area contributed by atoms with Gasteiger partial charge in [0.25, 0.3) is 5.56 Å². The molecule has 2 heterocycles. The highest BCUT2D eigenvalue weighted by atomic mass is 35.5. The molecule has 2 aromatic heterocycles. The normalized spacial score (nSPS) is 11.2. The van der Waals surface area contributed by atoms with Crippen molar-refractivity contribution in [2.45, 2.75) is 6.54 Å². The predicted octanol–water partition coefficient (Wildman–Crippen LogP) is 4.04. The summed E-state index contributed by atoms with van der Waals surface area (Å²) in [6.07, 6.45) is 1.32. The van der Waals surface area contributed by atoms with Crippen LogP contribution in [0.4, 0.5) is 10.1 Å². The number of benzene rings is 2. The Labute approximate surface area is 155 Å². The fourth-order valence-electron chi connectivity index (χ4n) is 2.70. The number of carbonyl (C=O) groups is 1. The van der Waals surface area contributed by atoms with Crippen molar-refractivity contribution in [3.8, 4) is 0 Å². The Kier molecular flexibility index (Phi) is 4.18. The van der Waals surface area contributed by atoms with Gasteiger partial charge in [0.1, 0.15) is 17.1 Å². The molecule has 26 heavy (non-hydrogen) atoms. The van der Waals surface area contributed by atoms with Crippen molar-refractivity contribution in [1.29, 1.82) is 0 Å². The van der Waals surface area contributed by atoms with Crippen molar-refractivity contribution in [2.75, 3.05) is 5.32 Å². The summed E-state index contributed by atoms with van der Waals surface area (Å²) in [6.45, 7) is -0.222. The van der Waals surface area contributed by atoms with Gasteiger partial charge in [-0.25, -0.2) is 9.37 Å². The summed E-state index contributed by atoms with van der Waals surface area (Å²) in [5.41, 5.74) is 0.537. The number of anilines is 1. The highest BCUT2D eigenvalue weighted by Gasteiger charge is 2.15. The van der Waals surface area contributed by atoms with E-state index in [-0.39, 0.29) is 12.1 Å². The number of halogens is 2. The lowest BCUT2D eigenvalue weighted by Gasteiger charge is -2.07. The summed E-state index contributed by atoms with van der Waals surface area (Å²) in [7, 11) is 0. The first-order valence-corrected chi connectivity index (χ1v) is 8.84. The van der Waals surface area contributed by atoms with Gasteiger partial charge >= 0.3 is 0 Å². The lowest BCUT2D eigenvalue weighted by molar-refractivity contribution is -0.116. The van der Waals surface area contributed by atoms with Gasteiger partial charge in [0.2, 0.25) is 5.91 Å². The second-order valence-corrected chi connectivity index (χ2v) is 7.09. The van der Waals surface area contributed by atoms with Crippen molar-refractivity contribution >= 4 is 54.8 Å². The van der Waals surface area contributed by atoms with E-state index in [0.717, 1.165) is 10.1 Å². The number of amides is 1. The predicted molar refractivity (Wildman–Crippen MR) is 101 cm³/mol. The molecule has 0 aliphatic rings. The van der Waals surface area contributed by atoms with Crippen LogP contribution in [0.5, 0.6) is 0 Å². The number of fused-ring (bicyclic) bond motifs is 3.